The largest absolute Gasteiger partial charge is 0.494 e. The number of hydrogen-bond acceptors (Lipinski definition) is 6. The van der Waals surface area contributed by atoms with Gasteiger partial charge in [0.15, 0.2) is 0 Å². The smallest absolute Gasteiger partial charge is 0.281 e. The zero-order valence-corrected chi connectivity index (χ0v) is 17.1. The van der Waals surface area contributed by atoms with E-state index < -0.39 is 10.8 Å². The second kappa shape index (κ2) is 9.61. The van der Waals surface area contributed by atoms with Gasteiger partial charge in [-0.2, -0.15) is 5.26 Å². The van der Waals surface area contributed by atoms with Crippen LogP contribution >= 0.6 is 11.6 Å². The van der Waals surface area contributed by atoms with Gasteiger partial charge in [0.05, 0.1) is 17.1 Å². The zero-order valence-electron chi connectivity index (χ0n) is 16.3. The Morgan fingerprint density at radius 3 is 2.65 bits per heavy atom. The Balaban J connectivity index is 1.81. The van der Waals surface area contributed by atoms with Crippen molar-refractivity contribution in [1.82, 2.24) is 0 Å². The highest BCUT2D eigenvalue weighted by molar-refractivity contribution is 6.30. The van der Waals surface area contributed by atoms with Crippen molar-refractivity contribution in [2.45, 2.75) is 6.92 Å². The first-order chi connectivity index (χ1) is 14.9. The van der Waals surface area contributed by atoms with Crippen LogP contribution in [0.2, 0.25) is 5.02 Å². The van der Waals surface area contributed by atoms with Crippen molar-refractivity contribution in [1.29, 1.82) is 5.26 Å². The summed E-state index contributed by atoms with van der Waals surface area (Å²) in [6.07, 6.45) is 1.26. The summed E-state index contributed by atoms with van der Waals surface area (Å²) >= 11 is 5.83. The van der Waals surface area contributed by atoms with E-state index in [1.54, 1.807) is 24.3 Å². The fraction of sp³-hybridized carbons (Fsp3) is 0.0909. The molecule has 0 fully saturated rings. The minimum Gasteiger partial charge on any atom is -0.494 e. The fourth-order valence-electron chi connectivity index (χ4n) is 2.73. The van der Waals surface area contributed by atoms with Crippen LogP contribution in [0.15, 0.2) is 64.6 Å². The summed E-state index contributed by atoms with van der Waals surface area (Å²) in [6.45, 7) is 2.39. The molecule has 0 atom stereocenters. The molecule has 2 aromatic carbocycles. The first-order valence-corrected chi connectivity index (χ1v) is 9.49. The Hall–Kier alpha value is -4.09. The Morgan fingerprint density at radius 2 is 2.00 bits per heavy atom. The predicted octanol–water partition coefficient (Wildman–Crippen LogP) is 5.45. The van der Waals surface area contributed by atoms with Gasteiger partial charge in [-0.1, -0.05) is 11.6 Å². The minimum absolute atomic E-state index is 0.192. The average Bonchev–Trinajstić information content (AvgIpc) is 3.22. The Kier molecular flexibility index (Phi) is 6.70. The van der Waals surface area contributed by atoms with Crippen molar-refractivity contribution in [2.75, 3.05) is 11.9 Å². The third-order valence-corrected chi connectivity index (χ3v) is 4.36. The number of nitro groups is 1. The number of ether oxygens (including phenoxy) is 1. The van der Waals surface area contributed by atoms with Crippen molar-refractivity contribution in [3.63, 3.8) is 0 Å². The molecule has 0 spiro atoms. The lowest BCUT2D eigenvalue weighted by Gasteiger charge is -2.06. The maximum Gasteiger partial charge on any atom is 0.281 e. The number of hydrogen-bond donors (Lipinski definition) is 1. The number of nitrogens with one attached hydrogen (secondary N) is 1. The molecule has 0 aliphatic rings. The number of rotatable bonds is 7. The number of nitrogens with zero attached hydrogens (tertiary/aromatic N) is 2. The predicted molar refractivity (Wildman–Crippen MR) is 116 cm³/mol. The molecule has 156 valence electrons. The molecular weight excluding hydrogens is 422 g/mol. The lowest BCUT2D eigenvalue weighted by atomic mass is 10.1. The molecule has 3 rings (SSSR count). The molecule has 1 heterocycles. The summed E-state index contributed by atoms with van der Waals surface area (Å²) in [7, 11) is 0. The molecule has 0 saturated heterocycles. The molecule has 3 aromatic rings. The normalized spacial score (nSPS) is 10.9. The van der Waals surface area contributed by atoms with E-state index in [-0.39, 0.29) is 33.4 Å². The van der Waals surface area contributed by atoms with E-state index in [1.165, 1.54) is 36.4 Å². The standard InChI is InChI=1S/C22H16ClN3O5/c1-2-30-17-6-4-16(5-7-17)25-22(27)14(13-24)11-18-8-10-21(31-18)19-9-3-15(23)12-20(19)26(28)29/h3-12H,2H2,1H3,(H,25,27)/b14-11-. The van der Waals surface area contributed by atoms with Gasteiger partial charge in [0.2, 0.25) is 0 Å². The molecule has 0 unspecified atom stereocenters. The van der Waals surface area contributed by atoms with E-state index in [1.807, 2.05) is 13.0 Å². The average molecular weight is 438 g/mol. The molecule has 0 aliphatic carbocycles. The Labute approximate surface area is 182 Å². The molecule has 0 bridgehead atoms. The minimum atomic E-state index is -0.623. The summed E-state index contributed by atoms with van der Waals surface area (Å²) in [5.74, 6) is 0.439. The van der Waals surface area contributed by atoms with Crippen molar-refractivity contribution < 1.29 is 18.9 Å². The first kappa shape index (κ1) is 21.6. The van der Waals surface area contributed by atoms with Crippen molar-refractivity contribution in [3.8, 4) is 23.1 Å². The van der Waals surface area contributed by atoms with Crippen LogP contribution in [0.1, 0.15) is 12.7 Å². The second-order valence-corrected chi connectivity index (χ2v) is 6.64. The maximum atomic E-state index is 12.4. The topological polar surface area (TPSA) is 118 Å². The van der Waals surface area contributed by atoms with Gasteiger partial charge in [-0.3, -0.25) is 14.9 Å². The molecule has 31 heavy (non-hydrogen) atoms. The number of carbonyl (C=O) groups is 1. The van der Waals surface area contributed by atoms with E-state index in [4.69, 9.17) is 20.8 Å². The molecule has 8 nitrogen and oxygen atoms in total. The van der Waals surface area contributed by atoms with E-state index in [9.17, 15) is 20.2 Å². The number of nitro benzene ring substituents is 1. The summed E-state index contributed by atoms with van der Waals surface area (Å²) in [5.41, 5.74) is 0.310. The number of furan rings is 1. The monoisotopic (exact) mass is 437 g/mol. The van der Waals surface area contributed by atoms with Crippen LogP contribution in [0.4, 0.5) is 11.4 Å². The van der Waals surface area contributed by atoms with Crippen LogP contribution in [0.25, 0.3) is 17.4 Å². The van der Waals surface area contributed by atoms with E-state index >= 15 is 0 Å². The lowest BCUT2D eigenvalue weighted by molar-refractivity contribution is -0.384. The summed E-state index contributed by atoms with van der Waals surface area (Å²) < 4.78 is 10.9. The lowest BCUT2D eigenvalue weighted by Crippen LogP contribution is -2.13. The van der Waals surface area contributed by atoms with Gasteiger partial charge in [-0.25, -0.2) is 0 Å². The molecular formula is C22H16ClN3O5. The zero-order chi connectivity index (χ0) is 22.4. The molecule has 0 radical (unpaired) electrons. The number of anilines is 1. The van der Waals surface area contributed by atoms with Crippen LogP contribution in [0.5, 0.6) is 5.75 Å². The molecule has 0 aliphatic heterocycles. The number of benzene rings is 2. The van der Waals surface area contributed by atoms with E-state index in [0.29, 0.717) is 18.0 Å². The fourth-order valence-corrected chi connectivity index (χ4v) is 2.90. The van der Waals surface area contributed by atoms with E-state index in [0.717, 1.165) is 0 Å². The molecule has 1 N–H and O–H groups in total. The highest BCUT2D eigenvalue weighted by Gasteiger charge is 2.19. The van der Waals surface area contributed by atoms with Gasteiger partial charge in [0.25, 0.3) is 11.6 Å². The second-order valence-electron chi connectivity index (χ2n) is 6.20. The van der Waals surface area contributed by atoms with Gasteiger partial charge in [0, 0.05) is 22.9 Å². The third-order valence-electron chi connectivity index (χ3n) is 4.12. The summed E-state index contributed by atoms with van der Waals surface area (Å²) in [6, 6.07) is 15.8. The third kappa shape index (κ3) is 5.29. The van der Waals surface area contributed by atoms with Crippen molar-refractivity contribution in [3.05, 3.63) is 81.1 Å². The van der Waals surface area contributed by atoms with Crippen LogP contribution < -0.4 is 10.1 Å². The quantitative estimate of drug-likeness (QED) is 0.227. The number of carbonyl (C=O) groups excluding carboxylic acids is 1. The molecule has 1 amide bonds. The van der Waals surface area contributed by atoms with Crippen molar-refractivity contribution in [2.24, 2.45) is 0 Å². The summed E-state index contributed by atoms with van der Waals surface area (Å²) in [5, 5.41) is 23.5. The number of amides is 1. The van der Waals surface area contributed by atoms with Gasteiger partial charge in [0.1, 0.15) is 28.9 Å². The molecule has 1 aromatic heterocycles. The maximum absolute atomic E-state index is 12.4. The van der Waals surface area contributed by atoms with Crippen LogP contribution in [-0.4, -0.2) is 17.4 Å². The number of halogens is 1. The Morgan fingerprint density at radius 1 is 1.26 bits per heavy atom. The van der Waals surface area contributed by atoms with Gasteiger partial charge < -0.3 is 14.5 Å². The van der Waals surface area contributed by atoms with Gasteiger partial charge in [-0.05, 0) is 55.5 Å². The van der Waals surface area contributed by atoms with Crippen LogP contribution in [0, 0.1) is 21.4 Å². The number of nitriles is 1. The summed E-state index contributed by atoms with van der Waals surface area (Å²) in [4.78, 5) is 23.2. The molecule has 9 heteroatoms. The SMILES string of the molecule is CCOc1ccc(NC(=O)/C(C#N)=C\c2ccc(-c3ccc(Cl)cc3[N+](=O)[O-])o2)cc1. The Bertz CT molecular complexity index is 1190. The highest BCUT2D eigenvalue weighted by atomic mass is 35.5. The van der Waals surface area contributed by atoms with Crippen LogP contribution in [0.3, 0.4) is 0 Å². The van der Waals surface area contributed by atoms with Gasteiger partial charge >= 0.3 is 0 Å². The van der Waals surface area contributed by atoms with Gasteiger partial charge in [-0.15, -0.1) is 0 Å². The van der Waals surface area contributed by atoms with Crippen molar-refractivity contribution >= 4 is 35.0 Å². The first-order valence-electron chi connectivity index (χ1n) is 9.11. The van der Waals surface area contributed by atoms with Crippen LogP contribution in [-0.2, 0) is 4.79 Å². The van der Waals surface area contributed by atoms with E-state index in [2.05, 4.69) is 5.32 Å². The highest BCUT2D eigenvalue weighted by Crippen LogP contribution is 2.33. The molecule has 0 saturated carbocycles.